The van der Waals surface area contributed by atoms with Crippen LogP contribution in [0, 0.1) is 0 Å². The number of hydrogen-bond donors (Lipinski definition) is 1. The molecule has 0 saturated heterocycles. The minimum absolute atomic E-state index is 0.0758. The van der Waals surface area contributed by atoms with Crippen LogP contribution in [0.4, 0.5) is 5.82 Å². The second kappa shape index (κ2) is 11.8. The molecule has 0 atom stereocenters. The Labute approximate surface area is 210 Å². The first-order valence-electron chi connectivity index (χ1n) is 10.6. The van der Waals surface area contributed by atoms with Crippen LogP contribution in [0.2, 0.25) is 5.02 Å². The molecule has 11 heteroatoms. The number of carbonyl (C=O) groups is 3. The highest BCUT2D eigenvalue weighted by Crippen LogP contribution is 2.16. The standard InChI is InChI=1S/C25H22ClN3O7/c1-35-21(32)14-29-24(33)22(23(27)28(25(29)34)13-16-7-3-2-4-8-16)19(30)15-36-20(31)12-11-17-9-5-6-10-18(17)26/h2-12H,13-15,27H2,1H3. The number of halogens is 1. The van der Waals surface area contributed by atoms with E-state index in [1.54, 1.807) is 54.6 Å². The van der Waals surface area contributed by atoms with E-state index in [0.717, 1.165) is 17.8 Å². The average molecular weight is 512 g/mol. The molecule has 1 aromatic heterocycles. The van der Waals surface area contributed by atoms with Crippen molar-refractivity contribution in [3.63, 3.8) is 0 Å². The molecule has 1 heterocycles. The fraction of sp³-hybridized carbons (Fsp3) is 0.160. The van der Waals surface area contributed by atoms with E-state index in [1.807, 2.05) is 0 Å². The fourth-order valence-corrected chi connectivity index (χ4v) is 3.45. The number of nitrogen functional groups attached to an aromatic ring is 1. The van der Waals surface area contributed by atoms with Crippen molar-refractivity contribution < 1.29 is 23.9 Å². The molecule has 0 saturated carbocycles. The first-order valence-corrected chi connectivity index (χ1v) is 11.0. The van der Waals surface area contributed by atoms with Crippen molar-refractivity contribution in [3.8, 4) is 0 Å². The van der Waals surface area contributed by atoms with Gasteiger partial charge in [-0.05, 0) is 23.3 Å². The largest absolute Gasteiger partial charge is 0.468 e. The Balaban J connectivity index is 1.91. The van der Waals surface area contributed by atoms with E-state index in [9.17, 15) is 24.0 Å². The van der Waals surface area contributed by atoms with Gasteiger partial charge in [-0.3, -0.25) is 19.0 Å². The molecule has 3 aromatic rings. The number of nitrogens with zero attached hydrogens (tertiary/aromatic N) is 2. The van der Waals surface area contributed by atoms with Crippen molar-refractivity contribution in [2.75, 3.05) is 19.5 Å². The summed E-state index contributed by atoms with van der Waals surface area (Å²) < 4.78 is 11.1. The lowest BCUT2D eigenvalue weighted by molar-refractivity contribution is -0.141. The number of anilines is 1. The van der Waals surface area contributed by atoms with Crippen molar-refractivity contribution >= 4 is 41.2 Å². The van der Waals surface area contributed by atoms with Gasteiger partial charge in [-0.15, -0.1) is 0 Å². The third-order valence-electron chi connectivity index (χ3n) is 5.09. The predicted octanol–water partition coefficient (Wildman–Crippen LogP) is 1.91. The molecular formula is C25H22ClN3O7. The molecular weight excluding hydrogens is 490 g/mol. The number of rotatable bonds is 9. The molecule has 0 spiro atoms. The van der Waals surface area contributed by atoms with Gasteiger partial charge in [0.2, 0.25) is 5.78 Å². The third kappa shape index (κ3) is 6.16. The quantitative estimate of drug-likeness (QED) is 0.261. The number of ether oxygens (including phenoxy) is 2. The Bertz CT molecular complexity index is 1440. The number of Topliss-reactive ketones (excluding diaryl/α,β-unsaturated/α-hetero) is 1. The SMILES string of the molecule is COC(=O)Cn1c(=O)c(C(=O)COC(=O)C=Cc2ccccc2Cl)c(N)n(Cc2ccccc2)c1=O. The zero-order valence-corrected chi connectivity index (χ0v) is 19.9. The number of methoxy groups -OCH3 is 1. The molecule has 10 nitrogen and oxygen atoms in total. The lowest BCUT2D eigenvalue weighted by Gasteiger charge is -2.16. The van der Waals surface area contributed by atoms with E-state index in [0.29, 0.717) is 20.7 Å². The van der Waals surface area contributed by atoms with Gasteiger partial charge in [0.05, 0.1) is 13.7 Å². The van der Waals surface area contributed by atoms with Crippen molar-refractivity contribution in [1.82, 2.24) is 9.13 Å². The van der Waals surface area contributed by atoms with Gasteiger partial charge < -0.3 is 15.2 Å². The highest BCUT2D eigenvalue weighted by Gasteiger charge is 2.25. The molecule has 0 aliphatic heterocycles. The number of hydrogen-bond acceptors (Lipinski definition) is 8. The Hall–Kier alpha value is -4.44. The lowest BCUT2D eigenvalue weighted by Crippen LogP contribution is -2.46. The van der Waals surface area contributed by atoms with E-state index in [2.05, 4.69) is 4.74 Å². The summed E-state index contributed by atoms with van der Waals surface area (Å²) in [4.78, 5) is 62.8. The summed E-state index contributed by atoms with van der Waals surface area (Å²) in [7, 11) is 1.09. The Morgan fingerprint density at radius 1 is 1.00 bits per heavy atom. The van der Waals surface area contributed by atoms with E-state index in [4.69, 9.17) is 22.1 Å². The number of carbonyl (C=O) groups excluding carboxylic acids is 3. The number of esters is 2. The summed E-state index contributed by atoms with van der Waals surface area (Å²) in [5.74, 6) is -3.10. The maximum absolute atomic E-state index is 13.0. The number of nitrogens with two attached hydrogens (primary N) is 1. The normalized spacial score (nSPS) is 10.8. The zero-order chi connectivity index (χ0) is 26.2. The van der Waals surface area contributed by atoms with Crippen molar-refractivity contribution in [3.05, 3.63) is 103 Å². The van der Waals surface area contributed by atoms with Crippen LogP contribution in [0.25, 0.3) is 6.08 Å². The first kappa shape index (κ1) is 26.2. The number of benzene rings is 2. The summed E-state index contributed by atoms with van der Waals surface area (Å²) >= 11 is 6.03. The lowest BCUT2D eigenvalue weighted by atomic mass is 10.1. The van der Waals surface area contributed by atoms with Gasteiger partial charge in [-0.2, -0.15) is 0 Å². The van der Waals surface area contributed by atoms with Gasteiger partial charge in [0.1, 0.15) is 17.9 Å². The molecule has 0 bridgehead atoms. The van der Waals surface area contributed by atoms with Crippen LogP contribution >= 0.6 is 11.6 Å². The van der Waals surface area contributed by atoms with Crippen LogP contribution in [0.1, 0.15) is 21.5 Å². The second-order valence-electron chi connectivity index (χ2n) is 7.47. The minimum atomic E-state index is -1.10. The molecule has 2 N–H and O–H groups in total. The molecule has 186 valence electrons. The Morgan fingerprint density at radius 2 is 1.67 bits per heavy atom. The number of ketones is 1. The van der Waals surface area contributed by atoms with Gasteiger partial charge >= 0.3 is 17.6 Å². The molecule has 0 radical (unpaired) electrons. The van der Waals surface area contributed by atoms with E-state index in [-0.39, 0.29) is 6.54 Å². The van der Waals surface area contributed by atoms with E-state index in [1.165, 1.54) is 6.08 Å². The van der Waals surface area contributed by atoms with Crippen LogP contribution in [0.3, 0.4) is 0 Å². The molecule has 2 aromatic carbocycles. The molecule has 0 aliphatic rings. The first-order chi connectivity index (χ1) is 17.2. The van der Waals surface area contributed by atoms with Gasteiger partial charge in [-0.1, -0.05) is 60.1 Å². The maximum Gasteiger partial charge on any atom is 0.333 e. The maximum atomic E-state index is 13.0. The Kier molecular flexibility index (Phi) is 8.58. The topological polar surface area (TPSA) is 140 Å². The van der Waals surface area contributed by atoms with Crippen molar-refractivity contribution in [2.24, 2.45) is 0 Å². The summed E-state index contributed by atoms with van der Waals surface area (Å²) in [5, 5.41) is 0.414. The molecule has 36 heavy (non-hydrogen) atoms. The van der Waals surface area contributed by atoms with E-state index < -0.39 is 53.5 Å². The fourth-order valence-electron chi connectivity index (χ4n) is 3.25. The summed E-state index contributed by atoms with van der Waals surface area (Å²) in [6.45, 7) is -1.63. The highest BCUT2D eigenvalue weighted by atomic mass is 35.5. The third-order valence-corrected chi connectivity index (χ3v) is 5.44. The van der Waals surface area contributed by atoms with Crippen molar-refractivity contribution in [2.45, 2.75) is 13.1 Å². The second-order valence-corrected chi connectivity index (χ2v) is 7.87. The monoisotopic (exact) mass is 511 g/mol. The van der Waals surface area contributed by atoms with Crippen LogP contribution in [0.5, 0.6) is 0 Å². The van der Waals surface area contributed by atoms with E-state index >= 15 is 0 Å². The average Bonchev–Trinajstić information content (AvgIpc) is 2.88. The predicted molar refractivity (Wildman–Crippen MR) is 133 cm³/mol. The smallest absolute Gasteiger partial charge is 0.333 e. The Morgan fingerprint density at radius 3 is 2.33 bits per heavy atom. The molecule has 0 unspecified atom stereocenters. The summed E-state index contributed by atoms with van der Waals surface area (Å²) in [6.07, 6.45) is 2.48. The van der Waals surface area contributed by atoms with Crippen molar-refractivity contribution in [1.29, 1.82) is 0 Å². The molecule has 3 rings (SSSR count). The number of aromatic nitrogens is 2. The van der Waals surface area contributed by atoms with Crippen LogP contribution in [0.15, 0.2) is 70.3 Å². The molecule has 0 aliphatic carbocycles. The van der Waals surface area contributed by atoms with Gasteiger partial charge in [0.25, 0.3) is 5.56 Å². The van der Waals surface area contributed by atoms with Gasteiger partial charge in [-0.25, -0.2) is 14.2 Å². The van der Waals surface area contributed by atoms with Gasteiger partial charge in [0, 0.05) is 11.1 Å². The highest BCUT2D eigenvalue weighted by molar-refractivity contribution is 6.32. The summed E-state index contributed by atoms with van der Waals surface area (Å²) in [6, 6.07) is 15.5. The molecule has 0 amide bonds. The van der Waals surface area contributed by atoms with Crippen LogP contribution in [-0.2, 0) is 32.2 Å². The molecule has 0 fully saturated rings. The van der Waals surface area contributed by atoms with Gasteiger partial charge in [0.15, 0.2) is 6.61 Å². The summed E-state index contributed by atoms with van der Waals surface area (Å²) in [5.41, 5.74) is 4.70. The van der Waals surface area contributed by atoms with Crippen LogP contribution < -0.4 is 17.0 Å². The van der Waals surface area contributed by atoms with Crippen LogP contribution in [-0.4, -0.2) is 40.6 Å². The zero-order valence-electron chi connectivity index (χ0n) is 19.2. The minimum Gasteiger partial charge on any atom is -0.468 e.